The van der Waals surface area contributed by atoms with Crippen molar-refractivity contribution in [2.24, 2.45) is 11.5 Å². The second kappa shape index (κ2) is 9.88. The van der Waals surface area contributed by atoms with E-state index in [1.54, 1.807) is 66.7 Å². The summed E-state index contributed by atoms with van der Waals surface area (Å²) in [6, 6.07) is 22.5. The van der Waals surface area contributed by atoms with Crippen LogP contribution in [0, 0.1) is 5.41 Å². The van der Waals surface area contributed by atoms with Gasteiger partial charge in [0.15, 0.2) is 0 Å². The lowest BCUT2D eigenvalue weighted by Crippen LogP contribution is -2.65. The van der Waals surface area contributed by atoms with E-state index < -0.39 is 29.7 Å². The number of aliphatic carboxylic acids is 1. The minimum absolute atomic E-state index is 0.00628. The molecular formula is C25H24N4O4. The zero-order valence-electron chi connectivity index (χ0n) is 17.8. The molecule has 0 aliphatic rings. The first kappa shape index (κ1) is 23.4. The number of carboxylic acid groups (broad SMARTS) is 1. The average molecular weight is 444 g/mol. The predicted molar refractivity (Wildman–Crippen MR) is 125 cm³/mol. The Balaban J connectivity index is 2.31. The van der Waals surface area contributed by atoms with E-state index in [1.165, 1.54) is 18.2 Å². The van der Waals surface area contributed by atoms with E-state index in [2.05, 4.69) is 0 Å². The summed E-state index contributed by atoms with van der Waals surface area (Å²) < 4.78 is 0. The number of rotatable bonds is 9. The lowest BCUT2D eigenvalue weighted by Gasteiger charge is -2.39. The molecule has 0 fully saturated rings. The van der Waals surface area contributed by atoms with Crippen molar-refractivity contribution in [3.8, 4) is 0 Å². The summed E-state index contributed by atoms with van der Waals surface area (Å²) in [7, 11) is 0. The lowest BCUT2D eigenvalue weighted by molar-refractivity contribution is -0.143. The molecule has 0 bridgehead atoms. The monoisotopic (exact) mass is 444 g/mol. The van der Waals surface area contributed by atoms with Gasteiger partial charge in [-0.05, 0) is 23.8 Å². The van der Waals surface area contributed by atoms with Gasteiger partial charge in [-0.2, -0.15) is 0 Å². The molecular weight excluding hydrogens is 420 g/mol. The second-order valence-electron chi connectivity index (χ2n) is 7.42. The van der Waals surface area contributed by atoms with Gasteiger partial charge in [-0.15, -0.1) is 0 Å². The first-order chi connectivity index (χ1) is 15.8. The van der Waals surface area contributed by atoms with E-state index in [9.17, 15) is 19.5 Å². The molecule has 168 valence electrons. The number of hydrogen-bond donors (Lipinski definition) is 4. The molecule has 6 N–H and O–H groups in total. The number of carbonyl (C=O) groups excluding carboxylic acids is 2. The lowest BCUT2D eigenvalue weighted by atomic mass is 9.80. The van der Waals surface area contributed by atoms with Crippen LogP contribution in [0.1, 0.15) is 21.5 Å². The summed E-state index contributed by atoms with van der Waals surface area (Å²) in [5, 5.41) is 18.2. The Hall–Kier alpha value is -4.30. The molecule has 8 nitrogen and oxygen atoms in total. The molecule has 3 aromatic carbocycles. The number of nitrogens with one attached hydrogen (secondary N) is 1. The fraction of sp³-hybridized carbons (Fsp3) is 0.120. The van der Waals surface area contributed by atoms with Gasteiger partial charge < -0.3 is 16.6 Å². The quantitative estimate of drug-likeness (QED) is 0.172. The molecule has 33 heavy (non-hydrogen) atoms. The number of Topliss-reactive ketones (excluding diaryl/α,β-unsaturated/α-hetero) is 1. The Morgan fingerprint density at radius 1 is 0.879 bits per heavy atom. The van der Waals surface area contributed by atoms with E-state index in [1.807, 2.05) is 0 Å². The van der Waals surface area contributed by atoms with Gasteiger partial charge in [-0.1, -0.05) is 66.7 Å². The number of ketones is 1. The molecule has 0 spiro atoms. The maximum atomic E-state index is 14.0. The maximum Gasteiger partial charge on any atom is 0.338 e. The number of hydrogen-bond acceptors (Lipinski definition) is 5. The Bertz CT molecular complexity index is 1180. The molecule has 3 aromatic rings. The molecule has 3 rings (SSSR count). The molecule has 0 unspecified atom stereocenters. The van der Waals surface area contributed by atoms with Crippen LogP contribution in [0.2, 0.25) is 0 Å². The zero-order chi connectivity index (χ0) is 24.0. The topological polar surface area (TPSA) is 151 Å². The van der Waals surface area contributed by atoms with Crippen molar-refractivity contribution in [3.05, 3.63) is 102 Å². The molecule has 1 atom stereocenters. The number of amidine groups is 1. The third kappa shape index (κ3) is 4.65. The number of benzene rings is 3. The first-order valence-corrected chi connectivity index (χ1v) is 10.2. The fourth-order valence-electron chi connectivity index (χ4n) is 3.73. The zero-order valence-corrected chi connectivity index (χ0v) is 17.8. The second-order valence-corrected chi connectivity index (χ2v) is 7.42. The van der Waals surface area contributed by atoms with E-state index in [0.29, 0.717) is 5.56 Å². The molecule has 0 saturated heterocycles. The fourth-order valence-corrected chi connectivity index (χ4v) is 3.73. The summed E-state index contributed by atoms with van der Waals surface area (Å²) >= 11 is 0. The summed E-state index contributed by atoms with van der Waals surface area (Å²) in [5.41, 5.74) is 9.93. The van der Waals surface area contributed by atoms with E-state index >= 15 is 0 Å². The van der Waals surface area contributed by atoms with Crippen LogP contribution in [0.3, 0.4) is 0 Å². The highest BCUT2D eigenvalue weighted by molar-refractivity contribution is 6.23. The number of anilines is 1. The van der Waals surface area contributed by atoms with Crippen molar-refractivity contribution in [1.29, 1.82) is 5.41 Å². The molecule has 0 saturated carbocycles. The van der Waals surface area contributed by atoms with Gasteiger partial charge in [-0.25, -0.2) is 4.79 Å². The van der Waals surface area contributed by atoms with Crippen molar-refractivity contribution in [2.75, 3.05) is 11.4 Å². The Kier molecular flexibility index (Phi) is 7.00. The molecule has 0 aromatic heterocycles. The smallest absolute Gasteiger partial charge is 0.338 e. The first-order valence-electron chi connectivity index (χ1n) is 10.2. The third-order valence-electron chi connectivity index (χ3n) is 5.29. The molecule has 0 radical (unpaired) electrons. The van der Waals surface area contributed by atoms with Crippen molar-refractivity contribution >= 4 is 29.2 Å². The summed E-state index contributed by atoms with van der Waals surface area (Å²) in [4.78, 5) is 41.0. The van der Waals surface area contributed by atoms with Crippen LogP contribution in [0.4, 0.5) is 5.69 Å². The van der Waals surface area contributed by atoms with Crippen LogP contribution in [0.25, 0.3) is 0 Å². The number of para-hydroxylation sites is 1. The van der Waals surface area contributed by atoms with Crippen molar-refractivity contribution in [1.82, 2.24) is 0 Å². The highest BCUT2D eigenvalue weighted by Gasteiger charge is 2.54. The van der Waals surface area contributed by atoms with Gasteiger partial charge in [0.05, 0.1) is 6.54 Å². The average Bonchev–Trinajstić information content (AvgIpc) is 2.84. The minimum Gasteiger partial charge on any atom is -0.479 e. The van der Waals surface area contributed by atoms with Crippen LogP contribution in [-0.2, 0) is 16.0 Å². The van der Waals surface area contributed by atoms with Crippen LogP contribution in [0.15, 0.2) is 84.9 Å². The molecule has 1 amide bonds. The minimum atomic E-state index is -2.34. The molecule has 0 heterocycles. The third-order valence-corrected chi connectivity index (χ3v) is 5.29. The Morgan fingerprint density at radius 2 is 1.45 bits per heavy atom. The predicted octanol–water partition coefficient (Wildman–Crippen LogP) is 2.21. The largest absolute Gasteiger partial charge is 0.479 e. The number of amides is 1. The summed E-state index contributed by atoms with van der Waals surface area (Å²) in [6.45, 7) is -0.501. The summed E-state index contributed by atoms with van der Waals surface area (Å²) in [5.74, 6) is -3.33. The number of nitrogens with zero attached hydrogens (tertiary/aromatic N) is 1. The summed E-state index contributed by atoms with van der Waals surface area (Å²) in [6.07, 6.45) is -0.299. The van der Waals surface area contributed by atoms with Crippen LogP contribution in [-0.4, -0.2) is 40.7 Å². The van der Waals surface area contributed by atoms with Crippen molar-refractivity contribution < 1.29 is 19.5 Å². The van der Waals surface area contributed by atoms with Gasteiger partial charge in [0, 0.05) is 23.2 Å². The Labute approximate surface area is 191 Å². The SMILES string of the molecule is N=C(N)c1cccc(C(=O)[C@@](Cc2ccccc2)(C(=O)O)N(C(=O)CN)c2ccccc2)c1. The van der Waals surface area contributed by atoms with Gasteiger partial charge >= 0.3 is 5.97 Å². The number of carboxylic acids is 1. The van der Waals surface area contributed by atoms with Crippen molar-refractivity contribution in [2.45, 2.75) is 12.0 Å². The van der Waals surface area contributed by atoms with Gasteiger partial charge in [0.25, 0.3) is 0 Å². The van der Waals surface area contributed by atoms with Gasteiger partial charge in [0.1, 0.15) is 5.84 Å². The molecule has 0 aliphatic heterocycles. The van der Waals surface area contributed by atoms with E-state index in [-0.39, 0.29) is 29.1 Å². The van der Waals surface area contributed by atoms with Crippen molar-refractivity contribution in [3.63, 3.8) is 0 Å². The van der Waals surface area contributed by atoms with E-state index in [0.717, 1.165) is 4.90 Å². The normalized spacial score (nSPS) is 12.4. The van der Waals surface area contributed by atoms with Gasteiger partial charge in [-0.3, -0.25) is 19.9 Å². The number of carbonyl (C=O) groups is 3. The highest BCUT2D eigenvalue weighted by Crippen LogP contribution is 2.32. The highest BCUT2D eigenvalue weighted by atomic mass is 16.4. The maximum absolute atomic E-state index is 14.0. The van der Waals surface area contributed by atoms with Crippen LogP contribution >= 0.6 is 0 Å². The Morgan fingerprint density at radius 3 is 2.00 bits per heavy atom. The molecule has 8 heteroatoms. The van der Waals surface area contributed by atoms with E-state index in [4.69, 9.17) is 16.9 Å². The number of nitrogen functional groups attached to an aromatic ring is 1. The van der Waals surface area contributed by atoms with Crippen LogP contribution in [0.5, 0.6) is 0 Å². The standard InChI is InChI=1S/C25H24N4O4/c26-16-21(30)29(20-12-5-2-6-13-20)25(24(32)33,15-17-8-3-1-4-9-17)22(31)18-10-7-11-19(14-18)23(27)28/h1-14H,15-16,26H2,(H3,27,28)(H,32,33)/t25-/m0/s1. The number of nitrogens with two attached hydrogens (primary N) is 2. The van der Waals surface area contributed by atoms with Crippen LogP contribution < -0.4 is 16.4 Å². The van der Waals surface area contributed by atoms with Gasteiger partial charge in [0.2, 0.25) is 17.2 Å². The molecule has 0 aliphatic carbocycles.